The van der Waals surface area contributed by atoms with Crippen molar-refractivity contribution in [2.24, 2.45) is 0 Å². The van der Waals surface area contributed by atoms with E-state index in [2.05, 4.69) is 4.57 Å². The summed E-state index contributed by atoms with van der Waals surface area (Å²) in [6.07, 6.45) is 4.10. The number of rotatable bonds is 4. The molecule has 1 heterocycles. The molecule has 0 radical (unpaired) electrons. The van der Waals surface area contributed by atoms with Crippen molar-refractivity contribution in [1.29, 1.82) is 0 Å². The Hall–Kier alpha value is -1.68. The van der Waals surface area contributed by atoms with Crippen LogP contribution in [0, 0.1) is 0 Å². The van der Waals surface area contributed by atoms with Crippen molar-refractivity contribution >= 4 is 28.5 Å². The molecule has 2 aromatic rings. The van der Waals surface area contributed by atoms with Crippen molar-refractivity contribution in [3.8, 4) is 5.75 Å². The first-order chi connectivity index (χ1) is 9.11. The molecule has 4 nitrogen and oxygen atoms in total. The Morgan fingerprint density at radius 3 is 2.84 bits per heavy atom. The van der Waals surface area contributed by atoms with Crippen LogP contribution in [0.4, 0.5) is 0 Å². The lowest BCUT2D eigenvalue weighted by Crippen LogP contribution is -2.00. The Balaban J connectivity index is 2.28. The van der Waals surface area contributed by atoms with Crippen LogP contribution in [0.2, 0.25) is 5.02 Å². The summed E-state index contributed by atoms with van der Waals surface area (Å²) in [7, 11) is 0. The molecular weight excluding hydrogens is 266 g/mol. The second-order valence-corrected chi connectivity index (χ2v) is 5.13. The van der Waals surface area contributed by atoms with E-state index >= 15 is 0 Å². The fourth-order valence-corrected chi connectivity index (χ4v) is 2.64. The Labute approximate surface area is 115 Å². The molecule has 19 heavy (non-hydrogen) atoms. The van der Waals surface area contributed by atoms with Crippen molar-refractivity contribution in [3.63, 3.8) is 0 Å². The highest BCUT2D eigenvalue weighted by atomic mass is 35.5. The molecule has 0 bridgehead atoms. The summed E-state index contributed by atoms with van der Waals surface area (Å²) in [6.45, 7) is 2.34. The Kier molecular flexibility index (Phi) is 2.90. The molecule has 0 spiro atoms. The highest BCUT2D eigenvalue weighted by Gasteiger charge is 2.27. The molecule has 5 heteroatoms. The predicted octanol–water partition coefficient (Wildman–Crippen LogP) is 3.73. The largest absolute Gasteiger partial charge is 0.493 e. The van der Waals surface area contributed by atoms with E-state index in [0.29, 0.717) is 23.4 Å². The van der Waals surface area contributed by atoms with Gasteiger partial charge in [-0.3, -0.25) is 0 Å². The van der Waals surface area contributed by atoms with Gasteiger partial charge in [0.2, 0.25) is 0 Å². The van der Waals surface area contributed by atoms with Crippen LogP contribution in [0.1, 0.15) is 36.2 Å². The molecular formula is C14H14ClNO3. The molecule has 0 amide bonds. The summed E-state index contributed by atoms with van der Waals surface area (Å²) in [6, 6.07) is 3.65. The molecule has 1 aromatic heterocycles. The standard InChI is InChI=1S/C14H14ClNO3/c1-2-19-12-6-8(14(17)18)5-11-13(12)10(15)7-16(11)9-3-4-9/h5-7,9H,2-4H2,1H3,(H,17,18). The van der Waals surface area contributed by atoms with Crippen LogP contribution >= 0.6 is 11.6 Å². The Morgan fingerprint density at radius 1 is 1.53 bits per heavy atom. The van der Waals surface area contributed by atoms with Gasteiger partial charge in [-0.2, -0.15) is 0 Å². The van der Waals surface area contributed by atoms with E-state index in [1.165, 1.54) is 6.07 Å². The van der Waals surface area contributed by atoms with Gasteiger partial charge >= 0.3 is 5.97 Å². The molecule has 3 rings (SSSR count). The molecule has 1 aliphatic carbocycles. The highest BCUT2D eigenvalue weighted by Crippen LogP contribution is 2.43. The molecule has 0 unspecified atom stereocenters. The van der Waals surface area contributed by atoms with Gasteiger partial charge < -0.3 is 14.4 Å². The summed E-state index contributed by atoms with van der Waals surface area (Å²) < 4.78 is 7.61. The minimum Gasteiger partial charge on any atom is -0.493 e. The van der Waals surface area contributed by atoms with Crippen LogP contribution in [0.3, 0.4) is 0 Å². The molecule has 1 saturated carbocycles. The summed E-state index contributed by atoms with van der Waals surface area (Å²) in [5.74, 6) is -0.413. The summed E-state index contributed by atoms with van der Waals surface area (Å²) in [4.78, 5) is 11.2. The molecule has 0 atom stereocenters. The van der Waals surface area contributed by atoms with Crippen molar-refractivity contribution in [2.45, 2.75) is 25.8 Å². The van der Waals surface area contributed by atoms with Gasteiger partial charge in [0, 0.05) is 12.2 Å². The summed E-state index contributed by atoms with van der Waals surface area (Å²) >= 11 is 6.27. The van der Waals surface area contributed by atoms with E-state index in [-0.39, 0.29) is 5.56 Å². The van der Waals surface area contributed by atoms with Gasteiger partial charge in [0.25, 0.3) is 0 Å². The minimum absolute atomic E-state index is 0.229. The van der Waals surface area contributed by atoms with Crippen LogP contribution in [0.15, 0.2) is 18.3 Å². The molecule has 1 aliphatic rings. The zero-order chi connectivity index (χ0) is 13.6. The SMILES string of the molecule is CCOc1cc(C(=O)O)cc2c1c(Cl)cn2C1CC1. The highest BCUT2D eigenvalue weighted by molar-refractivity contribution is 6.36. The van der Waals surface area contributed by atoms with E-state index in [0.717, 1.165) is 23.7 Å². The van der Waals surface area contributed by atoms with E-state index in [1.54, 1.807) is 6.07 Å². The van der Waals surface area contributed by atoms with E-state index in [1.807, 2.05) is 13.1 Å². The number of aromatic carboxylic acids is 1. The van der Waals surface area contributed by atoms with E-state index in [9.17, 15) is 9.90 Å². The number of ether oxygens (including phenoxy) is 1. The zero-order valence-electron chi connectivity index (χ0n) is 10.5. The second kappa shape index (κ2) is 4.46. The number of hydrogen-bond donors (Lipinski definition) is 1. The average Bonchev–Trinajstić information content (AvgIpc) is 3.15. The zero-order valence-corrected chi connectivity index (χ0v) is 11.3. The van der Waals surface area contributed by atoms with Gasteiger partial charge in [0.1, 0.15) is 5.75 Å². The maximum Gasteiger partial charge on any atom is 0.335 e. The number of aromatic nitrogens is 1. The normalized spacial score (nSPS) is 14.8. The third-order valence-corrected chi connectivity index (χ3v) is 3.62. The number of nitrogens with zero attached hydrogens (tertiary/aromatic N) is 1. The number of benzene rings is 1. The number of fused-ring (bicyclic) bond motifs is 1. The van der Waals surface area contributed by atoms with E-state index < -0.39 is 5.97 Å². The fraction of sp³-hybridized carbons (Fsp3) is 0.357. The summed E-state index contributed by atoms with van der Waals surface area (Å²) in [5.41, 5.74) is 1.07. The lowest BCUT2D eigenvalue weighted by atomic mass is 10.1. The minimum atomic E-state index is -0.956. The molecule has 0 aliphatic heterocycles. The monoisotopic (exact) mass is 279 g/mol. The van der Waals surface area contributed by atoms with Crippen molar-refractivity contribution in [1.82, 2.24) is 4.57 Å². The molecule has 1 N–H and O–H groups in total. The fourth-order valence-electron chi connectivity index (χ4n) is 2.35. The number of carboxylic acids is 1. The van der Waals surface area contributed by atoms with Gasteiger partial charge in [0.15, 0.2) is 0 Å². The third kappa shape index (κ3) is 2.06. The molecule has 100 valence electrons. The number of halogens is 1. The summed E-state index contributed by atoms with van der Waals surface area (Å²) in [5, 5.41) is 10.6. The quantitative estimate of drug-likeness (QED) is 0.928. The van der Waals surface area contributed by atoms with Crippen LogP contribution in [0.5, 0.6) is 5.75 Å². The van der Waals surface area contributed by atoms with Gasteiger partial charge in [-0.1, -0.05) is 11.6 Å². The van der Waals surface area contributed by atoms with E-state index in [4.69, 9.17) is 16.3 Å². The third-order valence-electron chi connectivity index (χ3n) is 3.34. The van der Waals surface area contributed by atoms with Gasteiger partial charge in [-0.25, -0.2) is 4.79 Å². The van der Waals surface area contributed by atoms with Crippen molar-refractivity contribution < 1.29 is 14.6 Å². The average molecular weight is 280 g/mol. The van der Waals surface area contributed by atoms with Crippen LogP contribution in [-0.4, -0.2) is 22.2 Å². The second-order valence-electron chi connectivity index (χ2n) is 4.72. The van der Waals surface area contributed by atoms with Crippen LogP contribution in [-0.2, 0) is 0 Å². The maximum atomic E-state index is 11.2. The van der Waals surface area contributed by atoms with Gasteiger partial charge in [0.05, 0.1) is 28.1 Å². The van der Waals surface area contributed by atoms with Gasteiger partial charge in [-0.15, -0.1) is 0 Å². The first kappa shape index (κ1) is 12.4. The molecule has 1 fully saturated rings. The number of carbonyl (C=O) groups is 1. The number of carboxylic acid groups (broad SMARTS) is 1. The lowest BCUT2D eigenvalue weighted by molar-refractivity contribution is 0.0696. The van der Waals surface area contributed by atoms with Gasteiger partial charge in [-0.05, 0) is 31.9 Å². The van der Waals surface area contributed by atoms with Crippen LogP contribution < -0.4 is 4.74 Å². The first-order valence-electron chi connectivity index (χ1n) is 6.32. The molecule has 0 saturated heterocycles. The van der Waals surface area contributed by atoms with Crippen molar-refractivity contribution in [3.05, 3.63) is 28.9 Å². The smallest absolute Gasteiger partial charge is 0.335 e. The Bertz CT molecular complexity index is 658. The number of hydrogen-bond acceptors (Lipinski definition) is 2. The molecule has 1 aromatic carbocycles. The van der Waals surface area contributed by atoms with Crippen LogP contribution in [0.25, 0.3) is 10.9 Å². The maximum absolute atomic E-state index is 11.2. The Morgan fingerprint density at radius 2 is 2.26 bits per heavy atom. The predicted molar refractivity (Wildman–Crippen MR) is 73.3 cm³/mol. The first-order valence-corrected chi connectivity index (χ1v) is 6.69. The van der Waals surface area contributed by atoms with Crippen molar-refractivity contribution in [2.75, 3.05) is 6.61 Å². The lowest BCUT2D eigenvalue weighted by Gasteiger charge is -2.09. The topological polar surface area (TPSA) is 51.5 Å².